The number of carbonyl (C=O) groups is 1. The number of aromatic amines is 1. The highest BCUT2D eigenvalue weighted by atomic mass is 79.9. The van der Waals surface area contributed by atoms with E-state index in [2.05, 4.69) is 40.0 Å². The summed E-state index contributed by atoms with van der Waals surface area (Å²) in [4.78, 5) is 11.0. The molecule has 116 valence electrons. The highest BCUT2D eigenvalue weighted by Crippen LogP contribution is 2.41. The Bertz CT molecular complexity index is 739. The number of aromatic carboxylic acids is 1. The lowest BCUT2D eigenvalue weighted by atomic mass is 9.97. The number of nitrogens with zero attached hydrogens (tertiary/aromatic N) is 1. The van der Waals surface area contributed by atoms with Crippen LogP contribution in [-0.4, -0.2) is 34.5 Å². The number of aromatic nitrogens is 2. The molecule has 3 rings (SSSR count). The minimum absolute atomic E-state index is 0.0372. The van der Waals surface area contributed by atoms with Crippen LogP contribution in [0.4, 0.5) is 0 Å². The number of fused-ring (bicyclic) bond motifs is 1. The fourth-order valence-corrected chi connectivity index (χ4v) is 2.64. The number of H-pyrrole nitrogens is 1. The number of rotatable bonds is 2. The van der Waals surface area contributed by atoms with E-state index in [1.165, 1.54) is 6.07 Å². The number of nitrogens with one attached hydrogen (secondary N) is 1. The molecule has 0 spiro atoms. The second-order valence-electron chi connectivity index (χ2n) is 5.99. The van der Waals surface area contributed by atoms with Gasteiger partial charge in [-0.1, -0.05) is 13.8 Å². The summed E-state index contributed by atoms with van der Waals surface area (Å²) in [7, 11) is 0. The molecule has 0 bridgehead atoms. The molecule has 0 saturated carbocycles. The van der Waals surface area contributed by atoms with Crippen molar-refractivity contribution in [3.8, 4) is 22.8 Å². The molecule has 22 heavy (non-hydrogen) atoms. The van der Waals surface area contributed by atoms with Gasteiger partial charge in [-0.3, -0.25) is 5.10 Å². The Morgan fingerprint density at radius 2 is 1.91 bits per heavy atom. The molecule has 2 heterocycles. The quantitative estimate of drug-likeness (QED) is 0.851. The normalized spacial score (nSPS) is 16.1. The molecule has 1 aromatic carbocycles. The van der Waals surface area contributed by atoms with Crippen molar-refractivity contribution in [3.05, 3.63) is 28.4 Å². The van der Waals surface area contributed by atoms with E-state index in [-0.39, 0.29) is 11.1 Å². The summed E-state index contributed by atoms with van der Waals surface area (Å²) in [6.45, 7) is 5.25. The lowest BCUT2D eigenvalue weighted by Crippen LogP contribution is -2.26. The lowest BCUT2D eigenvalue weighted by Gasteiger charge is -2.19. The highest BCUT2D eigenvalue weighted by molar-refractivity contribution is 9.10. The van der Waals surface area contributed by atoms with Crippen LogP contribution >= 0.6 is 15.9 Å². The summed E-state index contributed by atoms with van der Waals surface area (Å²) in [6, 6.07) is 5.11. The monoisotopic (exact) mass is 366 g/mol. The Hall–Kier alpha value is -2.02. The van der Waals surface area contributed by atoms with Crippen LogP contribution in [0.2, 0.25) is 0 Å². The molecular weight excluding hydrogens is 352 g/mol. The van der Waals surface area contributed by atoms with Crippen LogP contribution in [-0.2, 0) is 0 Å². The van der Waals surface area contributed by atoms with Crippen molar-refractivity contribution >= 4 is 21.9 Å². The van der Waals surface area contributed by atoms with E-state index in [4.69, 9.17) is 14.6 Å². The van der Waals surface area contributed by atoms with Gasteiger partial charge in [0.25, 0.3) is 0 Å². The minimum atomic E-state index is -1.05. The molecule has 1 aliphatic heterocycles. The second-order valence-corrected chi connectivity index (χ2v) is 6.85. The standard InChI is InChI=1S/C15H15BrN2O4/c1-15(2)6-21-12-3-8(9(16)4-13(12)22-7-15)10-5-11(14(19)20)18-17-10/h3-5H,6-7H2,1-2H3,(H,17,18)(H,19,20). The van der Waals surface area contributed by atoms with Gasteiger partial charge in [0.15, 0.2) is 11.5 Å². The van der Waals surface area contributed by atoms with Crippen LogP contribution in [0.25, 0.3) is 11.3 Å². The molecule has 0 atom stereocenters. The molecule has 1 aliphatic rings. The van der Waals surface area contributed by atoms with Gasteiger partial charge >= 0.3 is 5.97 Å². The van der Waals surface area contributed by atoms with Gasteiger partial charge in [0.2, 0.25) is 0 Å². The molecular formula is C15H15BrN2O4. The zero-order valence-electron chi connectivity index (χ0n) is 12.1. The van der Waals surface area contributed by atoms with Gasteiger partial charge in [-0.25, -0.2) is 4.79 Å². The van der Waals surface area contributed by atoms with Crippen LogP contribution in [0.3, 0.4) is 0 Å². The SMILES string of the molecule is CC1(C)COc2cc(Br)c(-c3cc(C(=O)O)[nH]n3)cc2OC1. The topological polar surface area (TPSA) is 84.4 Å². The minimum Gasteiger partial charge on any atom is -0.489 e. The largest absolute Gasteiger partial charge is 0.489 e. The van der Waals surface area contributed by atoms with Crippen LogP contribution < -0.4 is 9.47 Å². The summed E-state index contributed by atoms with van der Waals surface area (Å²) in [6.07, 6.45) is 0. The molecule has 0 amide bonds. The van der Waals surface area contributed by atoms with Crippen LogP contribution in [0, 0.1) is 5.41 Å². The number of carboxylic acids is 1. The predicted molar refractivity (Wildman–Crippen MR) is 83.5 cm³/mol. The molecule has 0 unspecified atom stereocenters. The maximum Gasteiger partial charge on any atom is 0.353 e. The third-order valence-corrected chi connectivity index (χ3v) is 4.01. The van der Waals surface area contributed by atoms with E-state index < -0.39 is 5.97 Å². The maximum atomic E-state index is 11.0. The first-order valence-electron chi connectivity index (χ1n) is 6.74. The molecule has 0 radical (unpaired) electrons. The zero-order chi connectivity index (χ0) is 15.9. The molecule has 2 N–H and O–H groups in total. The second kappa shape index (κ2) is 5.31. The van der Waals surface area contributed by atoms with Crippen molar-refractivity contribution in [1.82, 2.24) is 10.2 Å². The Morgan fingerprint density at radius 1 is 1.27 bits per heavy atom. The molecule has 0 fully saturated rings. The number of carboxylic acid groups (broad SMARTS) is 1. The van der Waals surface area contributed by atoms with E-state index in [0.29, 0.717) is 30.4 Å². The molecule has 0 saturated heterocycles. The number of ether oxygens (including phenoxy) is 2. The summed E-state index contributed by atoms with van der Waals surface area (Å²) in [5.41, 5.74) is 1.23. The van der Waals surface area contributed by atoms with Gasteiger partial charge in [-0.15, -0.1) is 0 Å². The van der Waals surface area contributed by atoms with Crippen molar-refractivity contribution in [2.45, 2.75) is 13.8 Å². The number of hydrogen-bond acceptors (Lipinski definition) is 4. The van der Waals surface area contributed by atoms with Crippen molar-refractivity contribution in [2.75, 3.05) is 13.2 Å². The fraction of sp³-hybridized carbons (Fsp3) is 0.333. The van der Waals surface area contributed by atoms with Crippen LogP contribution in [0.15, 0.2) is 22.7 Å². The van der Waals surface area contributed by atoms with E-state index in [0.717, 1.165) is 10.0 Å². The summed E-state index contributed by atoms with van der Waals surface area (Å²) in [5, 5.41) is 15.5. The first-order chi connectivity index (χ1) is 10.4. The van der Waals surface area contributed by atoms with Crippen molar-refractivity contribution < 1.29 is 19.4 Å². The van der Waals surface area contributed by atoms with E-state index in [1.54, 1.807) is 0 Å². The van der Waals surface area contributed by atoms with Gasteiger partial charge in [0.1, 0.15) is 5.69 Å². The highest BCUT2D eigenvalue weighted by Gasteiger charge is 2.26. The summed E-state index contributed by atoms with van der Waals surface area (Å²) >= 11 is 3.48. The smallest absolute Gasteiger partial charge is 0.353 e. The average molecular weight is 367 g/mol. The Balaban J connectivity index is 2.00. The molecule has 1 aromatic heterocycles. The average Bonchev–Trinajstić information content (AvgIpc) is 2.88. The van der Waals surface area contributed by atoms with Gasteiger partial charge in [-0.05, 0) is 34.1 Å². The third-order valence-electron chi connectivity index (χ3n) is 3.35. The van der Waals surface area contributed by atoms with Crippen LogP contribution in [0.5, 0.6) is 11.5 Å². The third kappa shape index (κ3) is 2.81. The van der Waals surface area contributed by atoms with Gasteiger partial charge < -0.3 is 14.6 Å². The molecule has 0 aliphatic carbocycles. The van der Waals surface area contributed by atoms with Gasteiger partial charge in [0, 0.05) is 15.5 Å². The number of hydrogen-bond donors (Lipinski definition) is 2. The number of halogens is 1. The molecule has 6 nitrogen and oxygen atoms in total. The van der Waals surface area contributed by atoms with E-state index in [1.807, 2.05) is 12.1 Å². The lowest BCUT2D eigenvalue weighted by molar-refractivity contribution is 0.0690. The Morgan fingerprint density at radius 3 is 2.50 bits per heavy atom. The van der Waals surface area contributed by atoms with Crippen LogP contribution in [0.1, 0.15) is 24.3 Å². The van der Waals surface area contributed by atoms with Crippen molar-refractivity contribution in [1.29, 1.82) is 0 Å². The van der Waals surface area contributed by atoms with Gasteiger partial charge in [-0.2, -0.15) is 5.10 Å². The summed E-state index contributed by atoms with van der Waals surface area (Å²) in [5.74, 6) is 0.241. The Labute approximate surface area is 135 Å². The summed E-state index contributed by atoms with van der Waals surface area (Å²) < 4.78 is 12.4. The van der Waals surface area contributed by atoms with Crippen molar-refractivity contribution in [2.24, 2.45) is 5.41 Å². The van der Waals surface area contributed by atoms with E-state index in [9.17, 15) is 4.79 Å². The first-order valence-corrected chi connectivity index (χ1v) is 7.53. The first kappa shape index (κ1) is 14.9. The molecule has 2 aromatic rings. The molecule has 7 heteroatoms. The number of benzene rings is 1. The van der Waals surface area contributed by atoms with Gasteiger partial charge in [0.05, 0.1) is 18.9 Å². The fourth-order valence-electron chi connectivity index (χ4n) is 2.11. The van der Waals surface area contributed by atoms with Crippen molar-refractivity contribution in [3.63, 3.8) is 0 Å². The predicted octanol–water partition coefficient (Wildman–Crippen LogP) is 3.33. The zero-order valence-corrected chi connectivity index (χ0v) is 13.7. The van der Waals surface area contributed by atoms with E-state index >= 15 is 0 Å². The maximum absolute atomic E-state index is 11.0. The Kier molecular flexibility index (Phi) is 3.60.